The highest BCUT2D eigenvalue weighted by atomic mass is 35.5. The zero-order chi connectivity index (χ0) is 4.50. The highest BCUT2D eigenvalue weighted by molar-refractivity contribution is 7.17. The van der Waals surface area contributed by atoms with Crippen LogP contribution in [0.15, 0.2) is 0 Å². The minimum absolute atomic E-state index is 0. The molecule has 0 saturated carbocycles. The zero-order valence-electron chi connectivity index (χ0n) is 2.80. The van der Waals surface area contributed by atoms with Crippen LogP contribution in [0.4, 0.5) is 0 Å². The molecule has 0 radical (unpaired) electrons. The summed E-state index contributed by atoms with van der Waals surface area (Å²) in [5, 5.41) is 22.8. The molecule has 0 amide bonds. The van der Waals surface area contributed by atoms with Gasteiger partial charge in [-0.1, -0.05) is 0 Å². The molecule has 1 atom stereocenters. The fourth-order valence-corrected chi connectivity index (χ4v) is 0. The van der Waals surface area contributed by atoms with Crippen LogP contribution < -0.4 is 12.4 Å². The lowest BCUT2D eigenvalue weighted by Crippen LogP contribution is -3.00. The van der Waals surface area contributed by atoms with Crippen molar-refractivity contribution in [2.75, 3.05) is 0 Å². The second kappa shape index (κ2) is 2.72. The van der Waals surface area contributed by atoms with Gasteiger partial charge in [-0.3, -0.25) is 0 Å². The van der Waals surface area contributed by atoms with Crippen molar-refractivity contribution in [1.82, 2.24) is 0 Å². The number of aliphatic hydroxyl groups is 3. The van der Waals surface area contributed by atoms with E-state index >= 15 is 0 Å². The maximum absolute atomic E-state index is 7.59. The van der Waals surface area contributed by atoms with Gasteiger partial charge >= 0.3 is 0 Å². The third-order valence-corrected chi connectivity index (χ3v) is 0. The molecule has 0 aliphatic heterocycles. The van der Waals surface area contributed by atoms with Gasteiger partial charge in [0.15, 0.2) is 0 Å². The Balaban J connectivity index is 0. The van der Waals surface area contributed by atoms with Gasteiger partial charge in [0.1, 0.15) is 0 Å². The van der Waals surface area contributed by atoms with Crippen molar-refractivity contribution in [1.29, 1.82) is 0 Å². The van der Waals surface area contributed by atoms with Gasteiger partial charge in [-0.2, -0.15) is 0 Å². The molecule has 3 N–H and O–H groups in total. The Morgan fingerprint density at radius 1 is 1.17 bits per heavy atom. The molecule has 6 heavy (non-hydrogen) atoms. The number of hydrogen-bond acceptors (Lipinski definition) is 3. The number of halogens is 1. The standard InChI is InChI=1S/CH5O3P.ClH/c2-1(3,4)5;/h2-4H,5H2;1H/p-1. The second-order valence-corrected chi connectivity index (χ2v) is 1.46. The van der Waals surface area contributed by atoms with E-state index in [1.807, 2.05) is 0 Å². The average molecular weight is 131 g/mol. The topological polar surface area (TPSA) is 60.7 Å². The van der Waals surface area contributed by atoms with Crippen molar-refractivity contribution >= 4 is 9.24 Å². The van der Waals surface area contributed by atoms with E-state index in [4.69, 9.17) is 15.3 Å². The molecular formula is CH5ClO3P-. The molecular weight excluding hydrogens is 126 g/mol. The first kappa shape index (κ1) is 9.78. The van der Waals surface area contributed by atoms with Gasteiger partial charge in [0.25, 0.3) is 5.71 Å². The van der Waals surface area contributed by atoms with Gasteiger partial charge in [-0.05, 0) is 9.24 Å². The minimum atomic E-state index is -2.58. The average Bonchev–Trinajstić information content (AvgIpc) is 0.722. The van der Waals surface area contributed by atoms with Gasteiger partial charge in [0, 0.05) is 0 Å². The summed E-state index contributed by atoms with van der Waals surface area (Å²) in [5.74, 6) is 0. The van der Waals surface area contributed by atoms with E-state index in [9.17, 15) is 0 Å². The Hall–Kier alpha value is 0.600. The molecule has 0 spiro atoms. The van der Waals surface area contributed by atoms with Gasteiger partial charge in [-0.25, -0.2) is 0 Å². The van der Waals surface area contributed by atoms with Crippen molar-refractivity contribution in [3.63, 3.8) is 0 Å². The number of hydrogen-bond donors (Lipinski definition) is 3. The van der Waals surface area contributed by atoms with Crippen LogP contribution in [0.5, 0.6) is 0 Å². The minimum Gasteiger partial charge on any atom is -1.00 e. The Morgan fingerprint density at radius 3 is 1.17 bits per heavy atom. The summed E-state index contributed by atoms with van der Waals surface area (Å²) in [6.07, 6.45) is 0. The smallest absolute Gasteiger partial charge is 0.287 e. The molecule has 0 fully saturated rings. The van der Waals surface area contributed by atoms with Crippen molar-refractivity contribution in [2.45, 2.75) is 5.71 Å². The van der Waals surface area contributed by atoms with Crippen LogP contribution in [-0.4, -0.2) is 21.0 Å². The summed E-state index contributed by atoms with van der Waals surface area (Å²) in [6.45, 7) is 0. The molecule has 0 aliphatic rings. The molecule has 0 saturated heterocycles. The fraction of sp³-hybridized carbons (Fsp3) is 1.00. The molecule has 0 aromatic carbocycles. The van der Waals surface area contributed by atoms with Crippen molar-refractivity contribution < 1.29 is 27.7 Å². The van der Waals surface area contributed by atoms with E-state index in [0.29, 0.717) is 0 Å². The first-order valence-electron chi connectivity index (χ1n) is 0.959. The monoisotopic (exact) mass is 131 g/mol. The van der Waals surface area contributed by atoms with Crippen molar-refractivity contribution in [3.05, 3.63) is 0 Å². The second-order valence-electron chi connectivity index (χ2n) is 0.687. The molecule has 0 rings (SSSR count). The predicted molar refractivity (Wildman–Crippen MR) is 19.1 cm³/mol. The van der Waals surface area contributed by atoms with Gasteiger partial charge in [0.05, 0.1) is 0 Å². The highest BCUT2D eigenvalue weighted by Crippen LogP contribution is 1.99. The maximum Gasteiger partial charge on any atom is 0.287 e. The van der Waals surface area contributed by atoms with E-state index in [1.165, 1.54) is 9.24 Å². The fourth-order valence-electron chi connectivity index (χ4n) is 0. The Labute approximate surface area is 43.6 Å². The molecule has 0 aromatic rings. The molecule has 0 aliphatic carbocycles. The molecule has 0 aromatic heterocycles. The van der Waals surface area contributed by atoms with Crippen molar-refractivity contribution in [3.8, 4) is 0 Å². The van der Waals surface area contributed by atoms with Gasteiger partial charge in [-0.15, -0.1) is 0 Å². The van der Waals surface area contributed by atoms with Gasteiger partial charge in [0.2, 0.25) is 0 Å². The molecule has 40 valence electrons. The summed E-state index contributed by atoms with van der Waals surface area (Å²) < 4.78 is 0. The number of rotatable bonds is 0. The molecule has 0 heterocycles. The molecule has 5 heteroatoms. The van der Waals surface area contributed by atoms with Crippen molar-refractivity contribution in [2.24, 2.45) is 0 Å². The highest BCUT2D eigenvalue weighted by Gasteiger charge is 2.03. The molecule has 1 unspecified atom stereocenters. The van der Waals surface area contributed by atoms with Gasteiger partial charge < -0.3 is 27.7 Å². The van der Waals surface area contributed by atoms with Crippen LogP contribution in [0.1, 0.15) is 0 Å². The normalized spacial score (nSPS) is 10.0. The van der Waals surface area contributed by atoms with E-state index in [1.54, 1.807) is 0 Å². The summed E-state index contributed by atoms with van der Waals surface area (Å²) in [6, 6.07) is 0. The van der Waals surface area contributed by atoms with E-state index in [-0.39, 0.29) is 12.4 Å². The Bertz CT molecular complexity index is 26.3. The SMILES string of the molecule is OC(O)(O)P.[Cl-]. The van der Waals surface area contributed by atoms with E-state index in [2.05, 4.69) is 0 Å². The van der Waals surface area contributed by atoms with E-state index < -0.39 is 5.71 Å². The lowest BCUT2D eigenvalue weighted by atomic mass is 11.3. The van der Waals surface area contributed by atoms with Crippen LogP contribution in [0.3, 0.4) is 0 Å². The largest absolute Gasteiger partial charge is 1.00 e. The summed E-state index contributed by atoms with van der Waals surface area (Å²) in [7, 11) is 1.38. The van der Waals surface area contributed by atoms with Crippen LogP contribution in [-0.2, 0) is 0 Å². The Morgan fingerprint density at radius 2 is 1.17 bits per heavy atom. The summed E-state index contributed by atoms with van der Waals surface area (Å²) in [4.78, 5) is 0. The maximum atomic E-state index is 7.59. The van der Waals surface area contributed by atoms with Crippen LogP contribution in [0.2, 0.25) is 0 Å². The quantitative estimate of drug-likeness (QED) is 0.229. The zero-order valence-corrected chi connectivity index (χ0v) is 4.71. The first-order valence-corrected chi connectivity index (χ1v) is 1.54. The first-order chi connectivity index (χ1) is 2.00. The van der Waals surface area contributed by atoms with Crippen LogP contribution >= 0.6 is 9.24 Å². The van der Waals surface area contributed by atoms with E-state index in [0.717, 1.165) is 0 Å². The lowest BCUT2D eigenvalue weighted by molar-refractivity contribution is -0.235. The van der Waals surface area contributed by atoms with Crippen LogP contribution in [0.25, 0.3) is 0 Å². The molecule has 0 bridgehead atoms. The third kappa shape index (κ3) is 166. The Kier molecular flexibility index (Phi) is 4.43. The lowest BCUT2D eigenvalue weighted by Gasteiger charge is -2.01. The predicted octanol–water partition coefficient (Wildman–Crippen LogP) is -4.55. The third-order valence-electron chi connectivity index (χ3n) is 0. The van der Waals surface area contributed by atoms with Crippen LogP contribution in [0, 0.1) is 0 Å². The molecule has 3 nitrogen and oxygen atoms in total. The summed E-state index contributed by atoms with van der Waals surface area (Å²) in [5.41, 5.74) is -2.58. The summed E-state index contributed by atoms with van der Waals surface area (Å²) >= 11 is 0.